The molecule has 1 unspecified atom stereocenters. The maximum absolute atomic E-state index is 14.3. The van der Waals surface area contributed by atoms with Crippen molar-refractivity contribution < 1.29 is 27.0 Å². The topological polar surface area (TPSA) is 154 Å². The summed E-state index contributed by atoms with van der Waals surface area (Å²) in [7, 11) is -3.90. The predicted molar refractivity (Wildman–Crippen MR) is 99.7 cm³/mol. The first-order valence-corrected chi connectivity index (χ1v) is 9.27. The number of sulfonamides is 1. The van der Waals surface area contributed by atoms with Gasteiger partial charge in [0, 0.05) is 0 Å². The molecule has 0 aliphatic carbocycles. The molecule has 2 aromatic carbocycles. The number of aliphatic imine (C=N–C) groups is 1. The van der Waals surface area contributed by atoms with Gasteiger partial charge in [0.25, 0.3) is 0 Å². The third kappa shape index (κ3) is 5.49. The molecule has 150 valence electrons. The van der Waals surface area contributed by atoms with Crippen LogP contribution in [0.2, 0.25) is 0 Å². The van der Waals surface area contributed by atoms with Crippen LogP contribution < -0.4 is 21.3 Å². The van der Waals surface area contributed by atoms with E-state index in [9.17, 15) is 22.3 Å². The van der Waals surface area contributed by atoms with Crippen molar-refractivity contribution in [3.05, 3.63) is 59.2 Å². The third-order valence-corrected chi connectivity index (χ3v) is 4.39. The number of rotatable bonds is 6. The zero-order valence-corrected chi connectivity index (χ0v) is 15.5. The highest BCUT2D eigenvalue weighted by molar-refractivity contribution is 7.89. The Kier molecular flexibility index (Phi) is 6.33. The Morgan fingerprint density at radius 2 is 1.71 bits per heavy atom. The van der Waals surface area contributed by atoms with E-state index in [2.05, 4.69) is 4.99 Å². The first-order chi connectivity index (χ1) is 13.0. The first kappa shape index (κ1) is 21.3. The largest absolute Gasteiger partial charge is 0.451 e. The summed E-state index contributed by atoms with van der Waals surface area (Å²) in [4.78, 5) is 3.34. The second kappa shape index (κ2) is 8.33. The second-order valence-electron chi connectivity index (χ2n) is 5.75. The monoisotopic (exact) mass is 412 g/mol. The summed E-state index contributed by atoms with van der Waals surface area (Å²) in [6.07, 6.45) is -0.0575. The van der Waals surface area contributed by atoms with Crippen LogP contribution in [-0.4, -0.2) is 25.7 Å². The SMILES string of the molecule is C/C(=C\c1cc(F)c(Oc2ccc(S(N)(=O)=O)cc2)c(F)c1)C(O)N=C(N)N. The number of aliphatic hydroxyl groups is 1. The van der Waals surface area contributed by atoms with Crippen LogP contribution in [0.4, 0.5) is 8.78 Å². The summed E-state index contributed by atoms with van der Waals surface area (Å²) in [5.41, 5.74) is 10.7. The molecule has 0 saturated heterocycles. The van der Waals surface area contributed by atoms with Gasteiger partial charge >= 0.3 is 0 Å². The van der Waals surface area contributed by atoms with Gasteiger partial charge < -0.3 is 21.3 Å². The van der Waals surface area contributed by atoms with Crippen LogP contribution in [0, 0.1) is 11.6 Å². The van der Waals surface area contributed by atoms with Crippen molar-refractivity contribution in [2.24, 2.45) is 21.6 Å². The van der Waals surface area contributed by atoms with Crippen LogP contribution in [0.15, 0.2) is 51.9 Å². The van der Waals surface area contributed by atoms with Crippen molar-refractivity contribution in [3.63, 3.8) is 0 Å². The van der Waals surface area contributed by atoms with E-state index < -0.39 is 33.6 Å². The molecule has 11 heteroatoms. The van der Waals surface area contributed by atoms with Crippen LogP contribution in [0.3, 0.4) is 0 Å². The van der Waals surface area contributed by atoms with Crippen LogP contribution in [0.25, 0.3) is 6.08 Å². The summed E-state index contributed by atoms with van der Waals surface area (Å²) in [6.45, 7) is 1.48. The molecule has 0 spiro atoms. The molecular formula is C17H18F2N4O4S. The maximum atomic E-state index is 14.3. The van der Waals surface area contributed by atoms with E-state index in [-0.39, 0.29) is 27.7 Å². The van der Waals surface area contributed by atoms with Crippen LogP contribution in [0.1, 0.15) is 12.5 Å². The van der Waals surface area contributed by atoms with Gasteiger partial charge in [-0.15, -0.1) is 0 Å². The van der Waals surface area contributed by atoms with E-state index in [0.717, 1.165) is 24.3 Å². The smallest absolute Gasteiger partial charge is 0.238 e. The minimum atomic E-state index is -3.90. The lowest BCUT2D eigenvalue weighted by molar-refractivity contribution is 0.222. The van der Waals surface area contributed by atoms with Gasteiger partial charge in [0.1, 0.15) is 5.75 Å². The number of primary sulfonamides is 1. The second-order valence-corrected chi connectivity index (χ2v) is 7.31. The van der Waals surface area contributed by atoms with E-state index in [1.165, 1.54) is 25.1 Å². The zero-order valence-electron chi connectivity index (χ0n) is 14.6. The first-order valence-electron chi connectivity index (χ1n) is 7.72. The summed E-state index contributed by atoms with van der Waals surface area (Å²) in [6, 6.07) is 6.69. The van der Waals surface area contributed by atoms with E-state index in [1.54, 1.807) is 0 Å². The van der Waals surface area contributed by atoms with Crippen LogP contribution >= 0.6 is 0 Å². The molecule has 0 fully saturated rings. The molecule has 0 aromatic heterocycles. The molecule has 1 atom stereocenters. The Labute approximate surface area is 160 Å². The summed E-state index contributed by atoms with van der Waals surface area (Å²) < 4.78 is 56.2. The lowest BCUT2D eigenvalue weighted by atomic mass is 10.1. The van der Waals surface area contributed by atoms with E-state index in [1.807, 2.05) is 0 Å². The van der Waals surface area contributed by atoms with Gasteiger partial charge in [0.05, 0.1) is 4.90 Å². The van der Waals surface area contributed by atoms with Crippen molar-refractivity contribution >= 4 is 22.1 Å². The number of aliphatic hydroxyl groups excluding tert-OH is 1. The quantitative estimate of drug-likeness (QED) is 0.415. The van der Waals surface area contributed by atoms with Crippen molar-refractivity contribution in [1.82, 2.24) is 0 Å². The number of nitrogens with zero attached hydrogens (tertiary/aromatic N) is 1. The molecule has 7 N–H and O–H groups in total. The van der Waals surface area contributed by atoms with Gasteiger partial charge in [0.2, 0.25) is 10.0 Å². The molecule has 0 aliphatic rings. The fourth-order valence-electron chi connectivity index (χ4n) is 2.16. The summed E-state index contributed by atoms with van der Waals surface area (Å²) >= 11 is 0. The van der Waals surface area contributed by atoms with E-state index in [4.69, 9.17) is 21.3 Å². The molecular weight excluding hydrogens is 394 g/mol. The van der Waals surface area contributed by atoms with Gasteiger partial charge in [-0.1, -0.05) is 6.08 Å². The Morgan fingerprint density at radius 1 is 1.18 bits per heavy atom. The molecule has 0 amide bonds. The lowest BCUT2D eigenvalue weighted by Gasteiger charge is -2.10. The van der Waals surface area contributed by atoms with Crippen molar-refractivity contribution in [3.8, 4) is 11.5 Å². The van der Waals surface area contributed by atoms with Crippen molar-refractivity contribution in [2.75, 3.05) is 0 Å². The normalized spacial score (nSPS) is 13.1. The molecule has 8 nitrogen and oxygen atoms in total. The van der Waals surface area contributed by atoms with Crippen molar-refractivity contribution in [1.29, 1.82) is 0 Å². The predicted octanol–water partition coefficient (Wildman–Crippen LogP) is 1.40. The molecule has 2 aromatic rings. The van der Waals surface area contributed by atoms with Gasteiger partial charge in [0.15, 0.2) is 29.6 Å². The molecule has 0 saturated carbocycles. The average Bonchev–Trinajstić information content (AvgIpc) is 2.57. The average molecular weight is 412 g/mol. The molecule has 0 radical (unpaired) electrons. The molecule has 2 rings (SSSR count). The molecule has 28 heavy (non-hydrogen) atoms. The molecule has 0 heterocycles. The van der Waals surface area contributed by atoms with E-state index in [0.29, 0.717) is 0 Å². The minimum Gasteiger partial charge on any atom is -0.451 e. The number of nitrogens with two attached hydrogens (primary N) is 3. The highest BCUT2D eigenvalue weighted by Crippen LogP contribution is 2.30. The third-order valence-electron chi connectivity index (χ3n) is 3.47. The Balaban J connectivity index is 2.28. The lowest BCUT2D eigenvalue weighted by Crippen LogP contribution is -2.25. The fourth-order valence-corrected chi connectivity index (χ4v) is 2.67. The standard InChI is InChI=1S/C17H18F2N4O4S/c1-9(16(24)23-17(20)21)6-10-7-13(18)15(14(19)8-10)27-11-2-4-12(5-3-11)28(22,25)26/h2-8,16,24H,1H3,(H4,20,21,23)(H2,22,25,26)/b9-6+. The number of halogens is 2. The molecule has 0 aliphatic heterocycles. The summed E-state index contributed by atoms with van der Waals surface area (Å²) in [5.74, 6) is -3.03. The van der Waals surface area contributed by atoms with Gasteiger partial charge in [-0.25, -0.2) is 27.3 Å². The van der Waals surface area contributed by atoms with Gasteiger partial charge in [-0.2, -0.15) is 0 Å². The van der Waals surface area contributed by atoms with Crippen molar-refractivity contribution in [2.45, 2.75) is 18.0 Å². The number of benzene rings is 2. The number of guanidine groups is 1. The number of hydrogen-bond acceptors (Lipinski definition) is 5. The van der Waals surface area contributed by atoms with Gasteiger partial charge in [-0.05, 0) is 54.5 Å². The number of ether oxygens (including phenoxy) is 1. The summed E-state index contributed by atoms with van der Waals surface area (Å²) in [5, 5.41) is 14.7. The van der Waals surface area contributed by atoms with E-state index >= 15 is 0 Å². The minimum absolute atomic E-state index is 0.00727. The Bertz CT molecular complexity index is 1010. The van der Waals surface area contributed by atoms with Crippen LogP contribution in [0.5, 0.6) is 11.5 Å². The number of hydrogen-bond donors (Lipinski definition) is 4. The highest BCUT2D eigenvalue weighted by Gasteiger charge is 2.15. The fraction of sp³-hybridized carbons (Fsp3) is 0.118. The Hall–Kier alpha value is -3.02. The van der Waals surface area contributed by atoms with Gasteiger partial charge in [-0.3, -0.25) is 0 Å². The molecule has 0 bridgehead atoms. The highest BCUT2D eigenvalue weighted by atomic mass is 32.2. The van der Waals surface area contributed by atoms with Crippen LogP contribution in [-0.2, 0) is 10.0 Å². The zero-order chi connectivity index (χ0) is 21.1. The Morgan fingerprint density at radius 3 is 2.18 bits per heavy atom. The maximum Gasteiger partial charge on any atom is 0.238 e.